The van der Waals surface area contributed by atoms with E-state index in [4.69, 9.17) is 24.8 Å². The Labute approximate surface area is 63.2 Å². The Morgan fingerprint density at radius 3 is 2.45 bits per heavy atom. The smallest absolute Gasteiger partial charge is 0.184 e. The van der Waals surface area contributed by atoms with Gasteiger partial charge in [0.15, 0.2) is 6.29 Å². The molecule has 11 heavy (non-hydrogen) atoms. The molecule has 0 aromatic rings. The molecule has 2 fully saturated rings. The Morgan fingerprint density at radius 2 is 1.82 bits per heavy atom. The van der Waals surface area contributed by atoms with Crippen LogP contribution in [0.15, 0.2) is 0 Å². The fourth-order valence-electron chi connectivity index (χ4n) is 1.36. The summed E-state index contributed by atoms with van der Waals surface area (Å²) < 4.78 is 9.80. The van der Waals surface area contributed by atoms with Gasteiger partial charge in [-0.2, -0.15) is 0 Å². The van der Waals surface area contributed by atoms with Crippen molar-refractivity contribution in [3.63, 3.8) is 0 Å². The van der Waals surface area contributed by atoms with Gasteiger partial charge in [-0.1, -0.05) is 0 Å². The average Bonchev–Trinajstić information content (AvgIpc) is 2.76. The highest BCUT2D eigenvalue weighted by atomic mass is 16.7. The summed E-state index contributed by atoms with van der Waals surface area (Å²) >= 11 is 0. The second kappa shape index (κ2) is 2.40. The molecule has 0 spiro atoms. The molecule has 64 valence electrons. The first-order chi connectivity index (χ1) is 5.24. The maximum absolute atomic E-state index is 9.12. The van der Waals surface area contributed by atoms with Crippen molar-refractivity contribution < 1.29 is 24.8 Å². The van der Waals surface area contributed by atoms with E-state index in [0.717, 1.165) is 0 Å². The minimum absolute atomic E-state index is 0.190. The first-order valence-electron chi connectivity index (χ1n) is 3.52. The quantitative estimate of drug-likeness (QED) is 0.382. The van der Waals surface area contributed by atoms with Crippen LogP contribution in [0.2, 0.25) is 0 Å². The summed E-state index contributed by atoms with van der Waals surface area (Å²) in [5.74, 6) is 0. The lowest BCUT2D eigenvalue weighted by Gasteiger charge is -2.25. The Kier molecular flexibility index (Phi) is 1.62. The van der Waals surface area contributed by atoms with E-state index >= 15 is 0 Å². The molecule has 2 aliphatic heterocycles. The van der Waals surface area contributed by atoms with Crippen LogP contribution in [0.1, 0.15) is 0 Å². The molecule has 5 atom stereocenters. The fourth-order valence-corrected chi connectivity index (χ4v) is 1.36. The number of rotatable bonds is 1. The minimum atomic E-state index is -1.23. The predicted molar refractivity (Wildman–Crippen MR) is 32.6 cm³/mol. The van der Waals surface area contributed by atoms with Gasteiger partial charge >= 0.3 is 0 Å². The number of fused-ring (bicyclic) bond motifs is 1. The summed E-state index contributed by atoms with van der Waals surface area (Å²) in [5, 5.41) is 26.8. The second-order valence-electron chi connectivity index (χ2n) is 2.80. The summed E-state index contributed by atoms with van der Waals surface area (Å²) in [6.07, 6.45) is -3.27. The van der Waals surface area contributed by atoms with E-state index in [1.165, 1.54) is 0 Å². The zero-order valence-corrected chi connectivity index (χ0v) is 5.75. The summed E-state index contributed by atoms with van der Waals surface area (Å²) in [4.78, 5) is 0. The van der Waals surface area contributed by atoms with Crippen LogP contribution in [0.4, 0.5) is 0 Å². The predicted octanol–water partition coefficient (Wildman–Crippen LogP) is -2.18. The molecule has 0 saturated carbocycles. The molecule has 0 amide bonds. The highest BCUT2D eigenvalue weighted by molar-refractivity contribution is 5.00. The van der Waals surface area contributed by atoms with E-state index in [1.54, 1.807) is 0 Å². The molecular weight excluding hydrogens is 152 g/mol. The number of hydrogen-bond donors (Lipinski definition) is 3. The number of aliphatic hydroxyl groups is 3. The van der Waals surface area contributed by atoms with Gasteiger partial charge in [0, 0.05) is 0 Å². The van der Waals surface area contributed by atoms with Crippen LogP contribution in [-0.4, -0.2) is 52.6 Å². The van der Waals surface area contributed by atoms with Gasteiger partial charge in [0.2, 0.25) is 0 Å². The molecule has 0 aliphatic carbocycles. The third kappa shape index (κ3) is 1.05. The number of aliphatic hydroxyl groups excluding tert-OH is 3. The lowest BCUT2D eigenvalue weighted by molar-refractivity contribution is -0.209. The lowest BCUT2D eigenvalue weighted by atomic mass is 10.1. The van der Waals surface area contributed by atoms with Gasteiger partial charge in [-0.25, -0.2) is 0 Å². The topological polar surface area (TPSA) is 82.5 Å². The normalized spacial score (nSPS) is 55.4. The molecule has 5 nitrogen and oxygen atoms in total. The van der Waals surface area contributed by atoms with Gasteiger partial charge in [0.1, 0.15) is 24.4 Å². The lowest BCUT2D eigenvalue weighted by Crippen LogP contribution is -2.46. The maximum Gasteiger partial charge on any atom is 0.184 e. The largest absolute Gasteiger partial charge is 0.394 e. The van der Waals surface area contributed by atoms with Crippen molar-refractivity contribution in [3.8, 4) is 0 Å². The van der Waals surface area contributed by atoms with Crippen LogP contribution in [-0.2, 0) is 9.47 Å². The first-order valence-corrected chi connectivity index (χ1v) is 3.52. The van der Waals surface area contributed by atoms with Crippen LogP contribution >= 0.6 is 0 Å². The zero-order valence-electron chi connectivity index (χ0n) is 5.75. The molecule has 0 radical (unpaired) electrons. The first kappa shape index (κ1) is 7.45. The third-order valence-corrected chi connectivity index (χ3v) is 2.05. The molecule has 3 N–H and O–H groups in total. The summed E-state index contributed by atoms with van der Waals surface area (Å²) in [6, 6.07) is 0. The van der Waals surface area contributed by atoms with Crippen molar-refractivity contribution >= 4 is 0 Å². The van der Waals surface area contributed by atoms with E-state index in [2.05, 4.69) is 0 Å². The van der Waals surface area contributed by atoms with E-state index in [1.807, 2.05) is 0 Å². The Morgan fingerprint density at radius 1 is 1.09 bits per heavy atom. The highest BCUT2D eigenvalue weighted by Gasteiger charge is 2.56. The van der Waals surface area contributed by atoms with Crippen molar-refractivity contribution in [2.24, 2.45) is 0 Å². The van der Waals surface area contributed by atoms with Gasteiger partial charge in [-0.05, 0) is 0 Å². The SMILES string of the molecule is OC[C@H]1OC(O)[C@@H](O)[C@@H]2O[C@@H]21. The summed E-state index contributed by atoms with van der Waals surface area (Å²) in [6.45, 7) is -0.190. The van der Waals surface area contributed by atoms with Gasteiger partial charge in [0.25, 0.3) is 0 Å². The second-order valence-corrected chi connectivity index (χ2v) is 2.80. The molecule has 2 aliphatic rings. The molecule has 1 unspecified atom stereocenters. The van der Waals surface area contributed by atoms with Crippen LogP contribution in [0.3, 0.4) is 0 Å². The van der Waals surface area contributed by atoms with Gasteiger partial charge < -0.3 is 24.8 Å². The average molecular weight is 162 g/mol. The van der Waals surface area contributed by atoms with Crippen molar-refractivity contribution in [3.05, 3.63) is 0 Å². The number of ether oxygens (including phenoxy) is 2. The molecule has 0 aromatic heterocycles. The van der Waals surface area contributed by atoms with Crippen LogP contribution in [0.5, 0.6) is 0 Å². The fraction of sp³-hybridized carbons (Fsp3) is 1.00. The van der Waals surface area contributed by atoms with Crippen molar-refractivity contribution in [2.75, 3.05) is 6.61 Å². The Hall–Kier alpha value is -0.200. The van der Waals surface area contributed by atoms with Crippen LogP contribution in [0, 0.1) is 0 Å². The van der Waals surface area contributed by atoms with Crippen molar-refractivity contribution in [2.45, 2.75) is 30.7 Å². The maximum atomic E-state index is 9.12. The zero-order chi connectivity index (χ0) is 8.01. The molecule has 2 rings (SSSR count). The Bertz CT molecular complexity index is 157. The van der Waals surface area contributed by atoms with E-state index in [0.29, 0.717) is 0 Å². The summed E-state index contributed by atoms with van der Waals surface area (Å²) in [5.41, 5.74) is 0. The molecular formula is C6H10O5. The van der Waals surface area contributed by atoms with Gasteiger partial charge in [0.05, 0.1) is 6.61 Å². The van der Waals surface area contributed by atoms with Crippen molar-refractivity contribution in [1.29, 1.82) is 0 Å². The van der Waals surface area contributed by atoms with E-state index in [9.17, 15) is 0 Å². The molecule has 5 heteroatoms. The molecule has 2 saturated heterocycles. The molecule has 0 bridgehead atoms. The third-order valence-electron chi connectivity index (χ3n) is 2.05. The monoisotopic (exact) mass is 162 g/mol. The summed E-state index contributed by atoms with van der Waals surface area (Å²) in [7, 11) is 0. The standard InChI is InChI=1S/C6H10O5/c7-1-2-4-5(11-4)3(8)6(9)10-2/h2-9H,1H2/t2-,3+,4-,5+,6?/m1/s1. The minimum Gasteiger partial charge on any atom is -0.394 e. The van der Waals surface area contributed by atoms with Gasteiger partial charge in [-0.15, -0.1) is 0 Å². The Balaban J connectivity index is 2.02. The van der Waals surface area contributed by atoms with Crippen LogP contribution < -0.4 is 0 Å². The number of hydrogen-bond acceptors (Lipinski definition) is 5. The van der Waals surface area contributed by atoms with Crippen molar-refractivity contribution in [1.82, 2.24) is 0 Å². The molecule has 2 heterocycles. The van der Waals surface area contributed by atoms with E-state index < -0.39 is 18.5 Å². The molecule has 0 aromatic carbocycles. The highest BCUT2D eigenvalue weighted by Crippen LogP contribution is 2.36. The number of epoxide rings is 1. The van der Waals surface area contributed by atoms with E-state index in [-0.39, 0.29) is 18.8 Å². The van der Waals surface area contributed by atoms with Gasteiger partial charge in [-0.3, -0.25) is 0 Å². The van der Waals surface area contributed by atoms with Crippen LogP contribution in [0.25, 0.3) is 0 Å².